The molecule has 0 aliphatic heterocycles. The van der Waals surface area contributed by atoms with Gasteiger partial charge in [0.15, 0.2) is 0 Å². The quantitative estimate of drug-likeness (QED) is 0.218. The number of esters is 1. The molecule has 8 heteroatoms. The van der Waals surface area contributed by atoms with Gasteiger partial charge < -0.3 is 19.5 Å². The Morgan fingerprint density at radius 3 is 2.23 bits per heavy atom. The highest BCUT2D eigenvalue weighted by molar-refractivity contribution is 7.12. The van der Waals surface area contributed by atoms with E-state index in [-0.39, 0.29) is 6.10 Å². The molecule has 186 valence electrons. The van der Waals surface area contributed by atoms with Crippen molar-refractivity contribution in [3.63, 3.8) is 0 Å². The predicted molar refractivity (Wildman–Crippen MR) is 138 cm³/mol. The first kappa shape index (κ1) is 25.6. The Morgan fingerprint density at radius 2 is 1.69 bits per heavy atom. The fourth-order valence-corrected chi connectivity index (χ4v) is 6.18. The molecule has 0 radical (unpaired) electrons. The Labute approximate surface area is 214 Å². The van der Waals surface area contributed by atoms with Crippen LogP contribution in [0.5, 0.6) is 5.75 Å². The first-order valence-electron chi connectivity index (χ1n) is 11.9. The number of rotatable bonds is 11. The molecule has 1 aromatic carbocycles. The van der Waals surface area contributed by atoms with Gasteiger partial charge in [0, 0.05) is 18.2 Å². The first-order valence-corrected chi connectivity index (χ1v) is 13.7. The Bertz CT molecular complexity index is 1020. The Balaban J connectivity index is 1.22. The minimum atomic E-state index is -1.75. The molecule has 4 rings (SSSR count). The van der Waals surface area contributed by atoms with Crippen molar-refractivity contribution >= 4 is 34.9 Å². The summed E-state index contributed by atoms with van der Waals surface area (Å²) in [6, 6.07) is 14.8. The fraction of sp³-hybridized carbons (Fsp3) is 0.407. The van der Waals surface area contributed by atoms with Crippen molar-refractivity contribution in [2.75, 3.05) is 20.2 Å². The number of ether oxygens (including phenoxy) is 2. The van der Waals surface area contributed by atoms with Gasteiger partial charge in [-0.15, -0.1) is 22.7 Å². The van der Waals surface area contributed by atoms with Crippen molar-refractivity contribution in [3.8, 4) is 5.75 Å². The van der Waals surface area contributed by atoms with Crippen LogP contribution < -0.4 is 4.74 Å². The van der Waals surface area contributed by atoms with E-state index in [1.54, 1.807) is 24.3 Å². The number of aldehydes is 1. The van der Waals surface area contributed by atoms with Crippen LogP contribution >= 0.6 is 22.7 Å². The highest BCUT2D eigenvalue weighted by Gasteiger charge is 2.45. The molecule has 6 nitrogen and oxygen atoms in total. The van der Waals surface area contributed by atoms with Crippen LogP contribution in [-0.4, -0.2) is 54.6 Å². The van der Waals surface area contributed by atoms with Crippen molar-refractivity contribution in [2.24, 2.45) is 0 Å². The van der Waals surface area contributed by atoms with Crippen molar-refractivity contribution in [1.29, 1.82) is 0 Å². The van der Waals surface area contributed by atoms with Gasteiger partial charge in [-0.05, 0) is 86.3 Å². The predicted octanol–water partition coefficient (Wildman–Crippen LogP) is 5.11. The molecule has 1 aliphatic rings. The van der Waals surface area contributed by atoms with E-state index in [1.807, 2.05) is 35.0 Å². The molecular weight excluding hydrogens is 482 g/mol. The van der Waals surface area contributed by atoms with Crippen LogP contribution in [0.1, 0.15) is 52.2 Å². The number of carbonyl (C=O) groups is 2. The number of thiophene rings is 2. The van der Waals surface area contributed by atoms with Gasteiger partial charge in [0.2, 0.25) is 5.60 Å². The lowest BCUT2D eigenvalue weighted by Crippen LogP contribution is -2.42. The highest BCUT2D eigenvalue weighted by atomic mass is 32.1. The Hall–Kier alpha value is -2.52. The van der Waals surface area contributed by atoms with E-state index in [2.05, 4.69) is 11.9 Å². The summed E-state index contributed by atoms with van der Waals surface area (Å²) in [6.45, 7) is 1.53. The maximum absolute atomic E-state index is 13.2. The van der Waals surface area contributed by atoms with Crippen molar-refractivity contribution in [2.45, 2.75) is 49.9 Å². The summed E-state index contributed by atoms with van der Waals surface area (Å²) in [5, 5.41) is 15.1. The van der Waals surface area contributed by atoms with Crippen molar-refractivity contribution in [1.82, 2.24) is 4.90 Å². The van der Waals surface area contributed by atoms with Gasteiger partial charge in [0.25, 0.3) is 0 Å². The molecule has 0 saturated heterocycles. The summed E-state index contributed by atoms with van der Waals surface area (Å²) in [5.74, 6) is 0.183. The summed E-state index contributed by atoms with van der Waals surface area (Å²) in [5.41, 5.74) is -1.11. The largest absolute Gasteiger partial charge is 0.494 e. The summed E-state index contributed by atoms with van der Waals surface area (Å²) in [7, 11) is 2.13. The molecule has 0 unspecified atom stereocenters. The van der Waals surface area contributed by atoms with Crippen LogP contribution in [0.15, 0.2) is 59.3 Å². The molecule has 2 heterocycles. The fourth-order valence-electron chi connectivity index (χ4n) is 4.46. The van der Waals surface area contributed by atoms with Crippen molar-refractivity contribution in [3.05, 3.63) is 74.6 Å². The second-order valence-electron chi connectivity index (χ2n) is 8.87. The second-order valence-corrected chi connectivity index (χ2v) is 10.8. The van der Waals surface area contributed by atoms with Gasteiger partial charge in [-0.1, -0.05) is 12.1 Å². The number of hydrogen-bond donors (Lipinski definition) is 1. The lowest BCUT2D eigenvalue weighted by Gasteiger charge is -2.35. The van der Waals surface area contributed by atoms with Gasteiger partial charge in [-0.2, -0.15) is 0 Å². The summed E-state index contributed by atoms with van der Waals surface area (Å²) in [6.07, 6.45) is 4.99. The van der Waals surface area contributed by atoms with Gasteiger partial charge in [-0.3, -0.25) is 4.79 Å². The molecule has 0 spiro atoms. The maximum Gasteiger partial charge on any atom is 0.349 e. The van der Waals surface area contributed by atoms with E-state index in [4.69, 9.17) is 9.47 Å². The number of hydrogen-bond acceptors (Lipinski definition) is 8. The first-order chi connectivity index (χ1) is 17.0. The van der Waals surface area contributed by atoms with Gasteiger partial charge in [0.1, 0.15) is 18.1 Å². The SMILES string of the molecule is CN(CCCOc1ccc(C=O)cc1)C1CCC(OC(=O)C(O)(c2cccs2)c2cccs2)CC1. The van der Waals surface area contributed by atoms with E-state index in [9.17, 15) is 14.7 Å². The van der Waals surface area contributed by atoms with Gasteiger partial charge >= 0.3 is 5.97 Å². The molecule has 1 N–H and O–H groups in total. The molecule has 35 heavy (non-hydrogen) atoms. The zero-order valence-corrected chi connectivity index (χ0v) is 21.4. The Morgan fingerprint density at radius 1 is 1.06 bits per heavy atom. The molecule has 0 atom stereocenters. The van der Waals surface area contributed by atoms with Crippen molar-refractivity contribution < 1.29 is 24.2 Å². The monoisotopic (exact) mass is 513 g/mol. The van der Waals surface area contributed by atoms with E-state index in [0.717, 1.165) is 50.7 Å². The summed E-state index contributed by atoms with van der Waals surface area (Å²) >= 11 is 2.71. The molecule has 0 amide bonds. The molecule has 1 aliphatic carbocycles. The average molecular weight is 514 g/mol. The smallest absolute Gasteiger partial charge is 0.349 e. The standard InChI is InChI=1S/C27H31NO5S2/c1-28(15-4-16-32-22-11-7-20(19-29)8-12-22)21-9-13-23(14-10-21)33-26(30)27(31,24-5-2-17-34-24)25-6-3-18-35-25/h2-3,5-8,11-12,17-19,21,23,31H,4,9-10,13-16H2,1H3. The third-order valence-corrected chi connectivity index (χ3v) is 8.49. The lowest BCUT2D eigenvalue weighted by molar-refractivity contribution is -0.169. The van der Waals surface area contributed by atoms with E-state index < -0.39 is 11.6 Å². The molecule has 2 aromatic heterocycles. The average Bonchev–Trinajstić information content (AvgIpc) is 3.62. The van der Waals surface area contributed by atoms with Crippen LogP contribution in [0, 0.1) is 0 Å². The van der Waals surface area contributed by atoms with E-state index >= 15 is 0 Å². The number of carbonyl (C=O) groups excluding carboxylic acids is 2. The zero-order chi connectivity index (χ0) is 24.7. The molecular formula is C27H31NO5S2. The number of aliphatic hydroxyl groups is 1. The molecule has 1 saturated carbocycles. The third kappa shape index (κ3) is 6.19. The van der Waals surface area contributed by atoms with Crippen LogP contribution in [0.3, 0.4) is 0 Å². The topological polar surface area (TPSA) is 76.1 Å². The van der Waals surface area contributed by atoms with Crippen LogP contribution in [-0.2, 0) is 15.1 Å². The minimum Gasteiger partial charge on any atom is -0.494 e. The van der Waals surface area contributed by atoms with Gasteiger partial charge in [0.05, 0.1) is 16.4 Å². The maximum atomic E-state index is 13.2. The molecule has 0 bridgehead atoms. The van der Waals surface area contributed by atoms with Crippen LogP contribution in [0.2, 0.25) is 0 Å². The third-order valence-electron chi connectivity index (χ3n) is 6.53. The van der Waals surface area contributed by atoms with E-state index in [1.165, 1.54) is 22.7 Å². The minimum absolute atomic E-state index is 0.184. The van der Waals surface area contributed by atoms with Crippen LogP contribution in [0.4, 0.5) is 0 Å². The zero-order valence-electron chi connectivity index (χ0n) is 19.8. The normalized spacial score (nSPS) is 18.4. The molecule has 1 fully saturated rings. The molecule has 3 aromatic rings. The number of benzene rings is 1. The summed E-state index contributed by atoms with van der Waals surface area (Å²) < 4.78 is 11.6. The number of nitrogens with zero attached hydrogens (tertiary/aromatic N) is 1. The van der Waals surface area contributed by atoms with Crippen LogP contribution in [0.25, 0.3) is 0 Å². The lowest BCUT2D eigenvalue weighted by atomic mass is 9.91. The van der Waals surface area contributed by atoms with Gasteiger partial charge in [-0.25, -0.2) is 4.79 Å². The summed E-state index contributed by atoms with van der Waals surface area (Å²) in [4.78, 5) is 27.4. The second kappa shape index (κ2) is 11.9. The Kier molecular flexibility index (Phi) is 8.73. The highest BCUT2D eigenvalue weighted by Crippen LogP contribution is 2.38. The van der Waals surface area contributed by atoms with E-state index in [0.29, 0.717) is 28.0 Å².